The molecule has 0 bridgehead atoms. The standard InChI is InChI=1S/C30H35N3O4S/c1-4-32-26-13-9-8-12-24(26)25-19-22(15-16-27(25)32)31-30(34)20-33(23-10-6-5-7-11-23)38(35,36)29-18-21(2)14-17-28(29)37-3/h8-9,12-19,23H,4-7,10-11,20H2,1-3H3,(H,31,34). The van der Waals surface area contributed by atoms with Crippen LogP contribution in [0.2, 0.25) is 0 Å². The third kappa shape index (κ3) is 4.90. The molecule has 38 heavy (non-hydrogen) atoms. The number of para-hydroxylation sites is 1. The molecule has 5 rings (SSSR count). The minimum absolute atomic E-state index is 0.104. The van der Waals surface area contributed by atoms with E-state index in [2.05, 4.69) is 28.9 Å². The zero-order valence-corrected chi connectivity index (χ0v) is 23.1. The first kappa shape index (κ1) is 26.3. The van der Waals surface area contributed by atoms with Crippen molar-refractivity contribution in [3.63, 3.8) is 0 Å². The van der Waals surface area contributed by atoms with Gasteiger partial charge in [0.1, 0.15) is 10.6 Å². The topological polar surface area (TPSA) is 80.6 Å². The molecule has 3 aromatic carbocycles. The van der Waals surface area contributed by atoms with Gasteiger partial charge in [-0.1, -0.05) is 43.5 Å². The largest absolute Gasteiger partial charge is 0.495 e. The van der Waals surface area contributed by atoms with Crippen LogP contribution in [0.25, 0.3) is 21.8 Å². The number of carbonyl (C=O) groups is 1. The molecular formula is C30H35N3O4S. The lowest BCUT2D eigenvalue weighted by molar-refractivity contribution is -0.116. The first-order valence-corrected chi connectivity index (χ1v) is 14.7. The fraction of sp³-hybridized carbons (Fsp3) is 0.367. The van der Waals surface area contributed by atoms with Crippen molar-refractivity contribution in [1.29, 1.82) is 0 Å². The second-order valence-corrected chi connectivity index (χ2v) is 11.9. The van der Waals surface area contributed by atoms with E-state index in [-0.39, 0.29) is 29.1 Å². The van der Waals surface area contributed by atoms with Crippen molar-refractivity contribution in [2.45, 2.75) is 63.4 Å². The Morgan fingerprint density at radius 3 is 2.47 bits per heavy atom. The van der Waals surface area contributed by atoms with Crippen molar-refractivity contribution in [2.24, 2.45) is 0 Å². The lowest BCUT2D eigenvalue weighted by atomic mass is 9.95. The van der Waals surface area contributed by atoms with E-state index in [9.17, 15) is 13.2 Å². The summed E-state index contributed by atoms with van der Waals surface area (Å²) < 4.78 is 37.0. The fourth-order valence-corrected chi connectivity index (χ4v) is 7.59. The SMILES string of the molecule is CCn1c2ccccc2c2cc(NC(=O)CN(C3CCCCC3)S(=O)(=O)c3cc(C)ccc3OC)ccc21. The third-order valence-electron chi connectivity index (χ3n) is 7.56. The van der Waals surface area contributed by atoms with E-state index in [4.69, 9.17) is 4.74 Å². The fourth-order valence-electron chi connectivity index (χ4n) is 5.71. The van der Waals surface area contributed by atoms with E-state index in [1.165, 1.54) is 11.4 Å². The molecule has 1 amide bonds. The van der Waals surface area contributed by atoms with Gasteiger partial charge in [-0.25, -0.2) is 8.42 Å². The number of nitrogens with zero attached hydrogens (tertiary/aromatic N) is 2. The first-order valence-electron chi connectivity index (χ1n) is 13.3. The van der Waals surface area contributed by atoms with Crippen LogP contribution < -0.4 is 10.1 Å². The van der Waals surface area contributed by atoms with Crippen LogP contribution in [0, 0.1) is 6.92 Å². The number of ether oxygens (including phenoxy) is 1. The van der Waals surface area contributed by atoms with Crippen LogP contribution in [-0.4, -0.2) is 42.9 Å². The molecule has 8 heteroatoms. The van der Waals surface area contributed by atoms with Crippen molar-refractivity contribution in [2.75, 3.05) is 19.0 Å². The summed E-state index contributed by atoms with van der Waals surface area (Å²) in [5.41, 5.74) is 3.72. The summed E-state index contributed by atoms with van der Waals surface area (Å²) in [5.74, 6) is -0.0704. The maximum absolute atomic E-state index is 14.0. The summed E-state index contributed by atoms with van der Waals surface area (Å²) in [6, 6.07) is 19.0. The third-order valence-corrected chi connectivity index (χ3v) is 9.48. The van der Waals surface area contributed by atoms with Crippen LogP contribution >= 0.6 is 0 Å². The Bertz CT molecular complexity index is 1590. The van der Waals surface area contributed by atoms with Crippen LogP contribution in [0.1, 0.15) is 44.6 Å². The number of sulfonamides is 1. The van der Waals surface area contributed by atoms with Crippen LogP contribution in [0.5, 0.6) is 5.75 Å². The number of amides is 1. The summed E-state index contributed by atoms with van der Waals surface area (Å²) in [6.07, 6.45) is 4.45. The van der Waals surface area contributed by atoms with Crippen LogP contribution in [0.4, 0.5) is 5.69 Å². The van der Waals surface area contributed by atoms with Crippen molar-refractivity contribution in [3.05, 3.63) is 66.2 Å². The molecule has 0 spiro atoms. The van der Waals surface area contributed by atoms with E-state index in [0.717, 1.165) is 66.0 Å². The summed E-state index contributed by atoms with van der Waals surface area (Å²) >= 11 is 0. The number of fused-ring (bicyclic) bond motifs is 3. The molecule has 0 unspecified atom stereocenters. The minimum atomic E-state index is -3.97. The lowest BCUT2D eigenvalue weighted by Crippen LogP contribution is -2.45. The lowest BCUT2D eigenvalue weighted by Gasteiger charge is -2.33. The Morgan fingerprint density at radius 1 is 1.00 bits per heavy atom. The number of nitrogens with one attached hydrogen (secondary N) is 1. The molecule has 1 aliphatic rings. The van der Waals surface area contributed by atoms with Crippen LogP contribution in [-0.2, 0) is 21.4 Å². The van der Waals surface area contributed by atoms with E-state index in [1.807, 2.05) is 43.3 Å². The monoisotopic (exact) mass is 533 g/mol. The predicted molar refractivity (Wildman–Crippen MR) is 152 cm³/mol. The number of aryl methyl sites for hydroxylation is 2. The highest BCUT2D eigenvalue weighted by Gasteiger charge is 2.35. The second-order valence-electron chi connectivity index (χ2n) is 10.0. The molecule has 1 saturated carbocycles. The van der Waals surface area contributed by atoms with Gasteiger partial charge < -0.3 is 14.6 Å². The molecule has 0 aliphatic heterocycles. The van der Waals surface area contributed by atoms with E-state index in [0.29, 0.717) is 5.69 Å². The van der Waals surface area contributed by atoms with Crippen molar-refractivity contribution in [3.8, 4) is 5.75 Å². The average Bonchev–Trinajstić information content (AvgIpc) is 3.25. The number of benzene rings is 3. The zero-order valence-electron chi connectivity index (χ0n) is 22.2. The second kappa shape index (κ2) is 10.8. The van der Waals surface area contributed by atoms with Gasteiger partial charge in [0.15, 0.2) is 0 Å². The van der Waals surface area contributed by atoms with Gasteiger partial charge in [0.05, 0.1) is 13.7 Å². The van der Waals surface area contributed by atoms with E-state index in [1.54, 1.807) is 12.1 Å². The molecule has 0 atom stereocenters. The average molecular weight is 534 g/mol. The molecule has 200 valence electrons. The van der Waals surface area contributed by atoms with Gasteiger partial charge in [-0.15, -0.1) is 0 Å². The van der Waals surface area contributed by atoms with Gasteiger partial charge in [0.25, 0.3) is 0 Å². The quantitative estimate of drug-likeness (QED) is 0.297. The summed E-state index contributed by atoms with van der Waals surface area (Å²) in [5, 5.41) is 5.15. The van der Waals surface area contributed by atoms with Gasteiger partial charge in [-0.3, -0.25) is 4.79 Å². The molecule has 0 radical (unpaired) electrons. The normalized spacial score (nSPS) is 14.8. The van der Waals surface area contributed by atoms with Gasteiger partial charge >= 0.3 is 0 Å². The molecule has 0 saturated heterocycles. The van der Waals surface area contributed by atoms with Crippen LogP contribution in [0.15, 0.2) is 65.6 Å². The van der Waals surface area contributed by atoms with Gasteiger partial charge in [0.2, 0.25) is 15.9 Å². The van der Waals surface area contributed by atoms with Crippen molar-refractivity contribution >= 4 is 43.4 Å². The molecule has 1 heterocycles. The highest BCUT2D eigenvalue weighted by Crippen LogP contribution is 2.34. The Hall–Kier alpha value is -3.36. The number of methoxy groups -OCH3 is 1. The maximum atomic E-state index is 14.0. The molecule has 1 aliphatic carbocycles. The summed E-state index contributed by atoms with van der Waals surface area (Å²) in [4.78, 5) is 13.5. The smallest absolute Gasteiger partial charge is 0.247 e. The Morgan fingerprint density at radius 2 is 1.74 bits per heavy atom. The Kier molecular flexibility index (Phi) is 7.45. The minimum Gasteiger partial charge on any atom is -0.495 e. The van der Waals surface area contributed by atoms with Crippen LogP contribution in [0.3, 0.4) is 0 Å². The predicted octanol–water partition coefficient (Wildman–Crippen LogP) is 6.09. The number of rotatable bonds is 8. The van der Waals surface area contributed by atoms with Crippen molar-refractivity contribution in [1.82, 2.24) is 8.87 Å². The molecular weight excluding hydrogens is 498 g/mol. The zero-order chi connectivity index (χ0) is 26.9. The maximum Gasteiger partial charge on any atom is 0.247 e. The van der Waals surface area contributed by atoms with Gasteiger partial charge in [-0.05, 0) is 68.7 Å². The molecule has 1 N–H and O–H groups in total. The number of aromatic nitrogens is 1. The summed E-state index contributed by atoms with van der Waals surface area (Å²) in [7, 11) is -2.51. The van der Waals surface area contributed by atoms with E-state index >= 15 is 0 Å². The number of carbonyl (C=O) groups excluding carboxylic acids is 1. The van der Waals surface area contributed by atoms with Crippen molar-refractivity contribution < 1.29 is 17.9 Å². The number of hydrogen-bond donors (Lipinski definition) is 1. The molecule has 1 aromatic heterocycles. The summed E-state index contributed by atoms with van der Waals surface area (Å²) in [6.45, 7) is 4.55. The Balaban J connectivity index is 1.46. The Labute approximate surface area is 224 Å². The van der Waals surface area contributed by atoms with Gasteiger partial charge in [-0.2, -0.15) is 4.31 Å². The highest BCUT2D eigenvalue weighted by molar-refractivity contribution is 7.89. The molecule has 7 nitrogen and oxygen atoms in total. The highest BCUT2D eigenvalue weighted by atomic mass is 32.2. The number of hydrogen-bond acceptors (Lipinski definition) is 4. The molecule has 1 fully saturated rings. The van der Waals surface area contributed by atoms with E-state index < -0.39 is 10.0 Å². The van der Waals surface area contributed by atoms with Gasteiger partial charge in [0, 0.05) is 40.1 Å². The number of anilines is 1. The molecule has 4 aromatic rings. The first-order chi connectivity index (χ1) is 18.3.